The van der Waals surface area contributed by atoms with Crippen LogP contribution < -0.4 is 11.5 Å². The van der Waals surface area contributed by atoms with Crippen LogP contribution in [0.15, 0.2) is 36.0 Å². The maximum atomic E-state index is 13.3. The molecule has 4 fully saturated rings. The lowest BCUT2D eigenvalue weighted by Crippen LogP contribution is -2.54. The fourth-order valence-electron chi connectivity index (χ4n) is 10.7. The van der Waals surface area contributed by atoms with Crippen LogP contribution in [0.4, 0.5) is 0 Å². The molecule has 11 unspecified atom stereocenters. The van der Waals surface area contributed by atoms with E-state index in [4.69, 9.17) is 16.2 Å². The van der Waals surface area contributed by atoms with E-state index in [2.05, 4.69) is 34.6 Å². The van der Waals surface area contributed by atoms with Crippen LogP contribution >= 0.6 is 0 Å². The molecule has 230 valence electrons. The van der Waals surface area contributed by atoms with Gasteiger partial charge in [-0.05, 0) is 123 Å². The van der Waals surface area contributed by atoms with Gasteiger partial charge in [-0.1, -0.05) is 78.2 Å². The molecule has 4 saturated carbocycles. The number of carbonyl (C=O) groups is 1. The molecule has 0 aromatic heterocycles. The lowest BCUT2D eigenvalue weighted by Gasteiger charge is -2.61. The van der Waals surface area contributed by atoms with Crippen molar-refractivity contribution in [3.05, 3.63) is 36.0 Å². The zero-order valence-corrected chi connectivity index (χ0v) is 27.0. The van der Waals surface area contributed by atoms with Gasteiger partial charge in [0.1, 0.15) is 6.10 Å². The van der Waals surface area contributed by atoms with Crippen LogP contribution in [-0.4, -0.2) is 23.7 Å². The highest BCUT2D eigenvalue weighted by Crippen LogP contribution is 2.68. The zero-order valence-electron chi connectivity index (χ0n) is 27.0. The predicted octanol–water partition coefficient (Wildman–Crippen LogP) is 8.12. The van der Waals surface area contributed by atoms with Gasteiger partial charge in [-0.25, -0.2) is 4.79 Å². The van der Waals surface area contributed by atoms with Crippen molar-refractivity contribution in [2.75, 3.05) is 0 Å². The van der Waals surface area contributed by atoms with Gasteiger partial charge < -0.3 is 16.2 Å². The maximum Gasteiger partial charge on any atom is 0.338 e. The molecule has 0 heterocycles. The van der Waals surface area contributed by atoms with Crippen molar-refractivity contribution in [1.82, 2.24) is 0 Å². The van der Waals surface area contributed by atoms with Gasteiger partial charge in [-0.15, -0.1) is 0 Å². The third-order valence-corrected chi connectivity index (χ3v) is 13.0. The second kappa shape index (κ2) is 11.9. The van der Waals surface area contributed by atoms with Crippen molar-refractivity contribution in [2.45, 2.75) is 136 Å². The fraction of sp³-hybridized carbons (Fsp3) is 0.811. The highest BCUT2D eigenvalue weighted by atomic mass is 16.5. The number of fused-ring (bicyclic) bond motifs is 5. The van der Waals surface area contributed by atoms with E-state index < -0.39 is 5.54 Å². The summed E-state index contributed by atoms with van der Waals surface area (Å²) in [7, 11) is 0. The molecule has 0 aromatic rings. The van der Waals surface area contributed by atoms with Gasteiger partial charge in [0.25, 0.3) is 0 Å². The summed E-state index contributed by atoms with van der Waals surface area (Å²) in [6.45, 7) is 14.5. The molecular weight excluding hydrogens is 504 g/mol. The van der Waals surface area contributed by atoms with Gasteiger partial charge in [-0.3, -0.25) is 0 Å². The summed E-state index contributed by atoms with van der Waals surface area (Å²) in [6, 6.07) is -0.250. The monoisotopic (exact) mass is 564 g/mol. The van der Waals surface area contributed by atoms with E-state index >= 15 is 0 Å². The summed E-state index contributed by atoms with van der Waals surface area (Å²) >= 11 is 0. The van der Waals surface area contributed by atoms with Crippen molar-refractivity contribution in [2.24, 2.45) is 63.7 Å². The van der Waals surface area contributed by atoms with Gasteiger partial charge in [-0.2, -0.15) is 0 Å². The van der Waals surface area contributed by atoms with Crippen LogP contribution in [0.2, 0.25) is 0 Å². The first-order valence-electron chi connectivity index (χ1n) is 17.2. The second-order valence-electron chi connectivity index (χ2n) is 16.3. The summed E-state index contributed by atoms with van der Waals surface area (Å²) in [6.07, 6.45) is 25.0. The number of hydrogen-bond acceptors (Lipinski definition) is 4. The van der Waals surface area contributed by atoms with E-state index in [9.17, 15) is 4.79 Å². The Morgan fingerprint density at radius 1 is 0.951 bits per heavy atom. The number of carbonyl (C=O) groups excluding carboxylic acids is 1. The van der Waals surface area contributed by atoms with Crippen LogP contribution in [-0.2, 0) is 9.53 Å². The Morgan fingerprint density at radius 2 is 1.68 bits per heavy atom. The minimum Gasteiger partial charge on any atom is -0.459 e. The first kappa shape index (κ1) is 31.0. The molecule has 11 atom stereocenters. The van der Waals surface area contributed by atoms with Crippen LogP contribution in [0.1, 0.15) is 119 Å². The average molecular weight is 565 g/mol. The number of esters is 1. The highest BCUT2D eigenvalue weighted by molar-refractivity contribution is 5.92. The van der Waals surface area contributed by atoms with E-state index in [-0.39, 0.29) is 18.1 Å². The van der Waals surface area contributed by atoms with Crippen molar-refractivity contribution >= 4 is 5.97 Å². The maximum absolute atomic E-state index is 13.3. The van der Waals surface area contributed by atoms with Crippen molar-refractivity contribution < 1.29 is 9.53 Å². The Morgan fingerprint density at radius 3 is 2.44 bits per heavy atom. The normalized spacial score (nSPS) is 45.5. The molecule has 0 radical (unpaired) electrons. The molecule has 41 heavy (non-hydrogen) atoms. The van der Waals surface area contributed by atoms with Gasteiger partial charge >= 0.3 is 5.97 Å². The summed E-state index contributed by atoms with van der Waals surface area (Å²) in [4.78, 5) is 13.3. The summed E-state index contributed by atoms with van der Waals surface area (Å²) in [5, 5.41) is 0. The number of ether oxygens (including phenoxy) is 1. The highest BCUT2D eigenvalue weighted by Gasteiger charge is 2.60. The molecule has 0 aliphatic heterocycles. The fourth-order valence-corrected chi connectivity index (χ4v) is 10.7. The first-order valence-corrected chi connectivity index (χ1v) is 17.2. The zero-order chi connectivity index (χ0) is 29.6. The Labute approximate surface area is 251 Å². The van der Waals surface area contributed by atoms with Crippen LogP contribution in [0.25, 0.3) is 0 Å². The van der Waals surface area contributed by atoms with Gasteiger partial charge in [0.15, 0.2) is 0 Å². The molecular formula is C37H60N2O2. The van der Waals surface area contributed by atoms with Crippen LogP contribution in [0.5, 0.6) is 0 Å². The molecule has 0 saturated heterocycles. The molecule has 0 amide bonds. The minimum atomic E-state index is -0.721. The Balaban J connectivity index is 1.22. The summed E-state index contributed by atoms with van der Waals surface area (Å²) < 4.78 is 6.18. The molecule has 0 aromatic carbocycles. The number of rotatable bonds is 7. The van der Waals surface area contributed by atoms with Crippen molar-refractivity contribution in [3.8, 4) is 0 Å². The SMILES string of the molecule is CC(C)CCCC(C)C1CCC2C3CCC4CC(OC(=O)C5=CC(C)(N)/C=C\C(N)C=C5)CCC4(C)C3CCC12C. The first-order chi connectivity index (χ1) is 19.3. The van der Waals surface area contributed by atoms with E-state index in [1.54, 1.807) is 6.08 Å². The van der Waals surface area contributed by atoms with Crippen molar-refractivity contribution in [3.63, 3.8) is 0 Å². The number of hydrogen-bond donors (Lipinski definition) is 2. The standard InChI is InChI=1S/C37H60N2O2/c1-24(2)8-7-9-25(3)31-14-15-32-30-13-11-27-22-29(17-20-36(27,5)33(30)18-21-37(31,32)6)41-34(40)26-10-12-28(38)16-19-35(4,39)23-26/h10,12,16,19,23-25,27-33H,7-9,11,13-15,17-18,20-22,38-39H2,1-6H3/b12-10?,19-16-,26-23?. The molecule has 0 bridgehead atoms. The third-order valence-electron chi connectivity index (χ3n) is 13.0. The van der Waals surface area contributed by atoms with E-state index in [0.717, 1.165) is 48.3 Å². The molecule has 4 nitrogen and oxygen atoms in total. The smallest absolute Gasteiger partial charge is 0.338 e. The molecule has 5 aliphatic carbocycles. The van der Waals surface area contributed by atoms with E-state index in [0.29, 0.717) is 22.3 Å². The lowest BCUT2D eigenvalue weighted by atomic mass is 9.44. The number of nitrogens with two attached hydrogens (primary N) is 2. The van der Waals surface area contributed by atoms with Gasteiger partial charge in [0.2, 0.25) is 0 Å². The van der Waals surface area contributed by atoms with Gasteiger partial charge in [0, 0.05) is 6.04 Å². The Kier molecular flexibility index (Phi) is 9.05. The topological polar surface area (TPSA) is 78.3 Å². The summed E-state index contributed by atoms with van der Waals surface area (Å²) in [5.41, 5.74) is 13.2. The van der Waals surface area contributed by atoms with Crippen molar-refractivity contribution in [1.29, 1.82) is 0 Å². The predicted molar refractivity (Wildman–Crippen MR) is 170 cm³/mol. The molecule has 0 spiro atoms. The molecule has 4 N–H and O–H groups in total. The quantitative estimate of drug-likeness (QED) is 0.242. The van der Waals surface area contributed by atoms with E-state index in [1.807, 2.05) is 31.2 Å². The third kappa shape index (κ3) is 6.30. The Hall–Kier alpha value is -1.39. The minimum absolute atomic E-state index is 0.00141. The lowest BCUT2D eigenvalue weighted by molar-refractivity contribution is -0.158. The Bertz CT molecular complexity index is 1040. The van der Waals surface area contributed by atoms with E-state index in [1.165, 1.54) is 64.2 Å². The largest absolute Gasteiger partial charge is 0.459 e. The molecule has 5 aliphatic rings. The average Bonchev–Trinajstić information content (AvgIpc) is 3.26. The molecule has 5 rings (SSSR count). The summed E-state index contributed by atoms with van der Waals surface area (Å²) in [5.74, 6) is 5.66. The van der Waals surface area contributed by atoms with Crippen LogP contribution in [0, 0.1) is 52.3 Å². The second-order valence-corrected chi connectivity index (χ2v) is 16.3. The van der Waals surface area contributed by atoms with Gasteiger partial charge in [0.05, 0.1) is 11.1 Å². The van der Waals surface area contributed by atoms with Crippen LogP contribution in [0.3, 0.4) is 0 Å². The molecule has 4 heteroatoms.